The average molecular weight is 282 g/mol. The molecule has 0 saturated heterocycles. The standard InChI is InChI=1S/C15H26N2OS/c1-3-9-17-15(4-2,13-18)8-5-12-19-14-6-10-16-11-7-14/h6-7,10-11,17-18H,3-5,8-9,12-13H2,1-2H3. The van der Waals surface area contributed by atoms with Gasteiger partial charge in [-0.25, -0.2) is 0 Å². The highest BCUT2D eigenvalue weighted by Gasteiger charge is 2.25. The van der Waals surface area contributed by atoms with Gasteiger partial charge in [0.1, 0.15) is 0 Å². The Morgan fingerprint density at radius 2 is 2.05 bits per heavy atom. The first-order valence-corrected chi connectivity index (χ1v) is 8.13. The Morgan fingerprint density at radius 1 is 1.32 bits per heavy atom. The summed E-state index contributed by atoms with van der Waals surface area (Å²) in [4.78, 5) is 5.28. The zero-order chi connectivity index (χ0) is 14.0. The monoisotopic (exact) mass is 282 g/mol. The molecule has 0 saturated carbocycles. The molecule has 1 unspecified atom stereocenters. The van der Waals surface area contributed by atoms with Crippen LogP contribution in [0.3, 0.4) is 0 Å². The first-order chi connectivity index (χ1) is 9.26. The highest BCUT2D eigenvalue weighted by atomic mass is 32.2. The second-order valence-corrected chi connectivity index (χ2v) is 6.02. The van der Waals surface area contributed by atoms with Crippen molar-refractivity contribution in [3.8, 4) is 0 Å². The summed E-state index contributed by atoms with van der Waals surface area (Å²) in [6.07, 6.45) is 7.87. The zero-order valence-electron chi connectivity index (χ0n) is 12.1. The highest BCUT2D eigenvalue weighted by Crippen LogP contribution is 2.22. The lowest BCUT2D eigenvalue weighted by Gasteiger charge is -2.32. The molecule has 0 bridgehead atoms. The van der Waals surface area contributed by atoms with Crippen molar-refractivity contribution in [2.75, 3.05) is 18.9 Å². The van der Waals surface area contributed by atoms with E-state index in [0.717, 1.165) is 38.0 Å². The molecule has 19 heavy (non-hydrogen) atoms. The van der Waals surface area contributed by atoms with Crippen LogP contribution in [-0.2, 0) is 0 Å². The number of aliphatic hydroxyl groups excluding tert-OH is 1. The first-order valence-electron chi connectivity index (χ1n) is 7.15. The quantitative estimate of drug-likeness (QED) is 0.511. The van der Waals surface area contributed by atoms with Gasteiger partial charge < -0.3 is 10.4 Å². The molecule has 0 aliphatic heterocycles. The summed E-state index contributed by atoms with van der Waals surface area (Å²) in [5, 5.41) is 13.2. The van der Waals surface area contributed by atoms with E-state index in [2.05, 4.69) is 24.1 Å². The van der Waals surface area contributed by atoms with Crippen molar-refractivity contribution in [1.29, 1.82) is 0 Å². The summed E-state index contributed by atoms with van der Waals surface area (Å²) in [5.41, 5.74) is -0.0885. The zero-order valence-corrected chi connectivity index (χ0v) is 12.9. The molecule has 0 aliphatic rings. The van der Waals surface area contributed by atoms with Crippen molar-refractivity contribution in [3.05, 3.63) is 24.5 Å². The van der Waals surface area contributed by atoms with E-state index in [4.69, 9.17) is 0 Å². The molecule has 1 rings (SSSR count). The minimum Gasteiger partial charge on any atom is -0.394 e. The fourth-order valence-electron chi connectivity index (χ4n) is 2.06. The van der Waals surface area contributed by atoms with Crippen molar-refractivity contribution < 1.29 is 5.11 Å². The van der Waals surface area contributed by atoms with Gasteiger partial charge >= 0.3 is 0 Å². The van der Waals surface area contributed by atoms with E-state index < -0.39 is 0 Å². The van der Waals surface area contributed by atoms with E-state index in [0.29, 0.717) is 0 Å². The molecule has 1 heterocycles. The predicted octanol–water partition coefficient (Wildman–Crippen LogP) is 3.09. The second-order valence-electron chi connectivity index (χ2n) is 4.85. The molecule has 3 nitrogen and oxygen atoms in total. The van der Waals surface area contributed by atoms with Crippen LogP contribution in [-0.4, -0.2) is 34.5 Å². The van der Waals surface area contributed by atoms with Crippen LogP contribution in [0.4, 0.5) is 0 Å². The number of hydrogen-bond acceptors (Lipinski definition) is 4. The van der Waals surface area contributed by atoms with Crippen LogP contribution in [0.1, 0.15) is 39.5 Å². The molecule has 0 amide bonds. The van der Waals surface area contributed by atoms with Crippen molar-refractivity contribution in [1.82, 2.24) is 10.3 Å². The smallest absolute Gasteiger partial charge is 0.0613 e. The fourth-order valence-corrected chi connectivity index (χ4v) is 2.90. The largest absolute Gasteiger partial charge is 0.394 e. The van der Waals surface area contributed by atoms with Gasteiger partial charge in [0.2, 0.25) is 0 Å². The fraction of sp³-hybridized carbons (Fsp3) is 0.667. The van der Waals surface area contributed by atoms with Gasteiger partial charge in [-0.3, -0.25) is 4.98 Å². The van der Waals surface area contributed by atoms with Gasteiger partial charge in [0, 0.05) is 22.8 Å². The summed E-state index contributed by atoms with van der Waals surface area (Å²) >= 11 is 1.86. The van der Waals surface area contributed by atoms with E-state index in [-0.39, 0.29) is 12.1 Å². The number of pyridine rings is 1. The third-order valence-corrected chi connectivity index (χ3v) is 4.55. The number of aromatic nitrogens is 1. The summed E-state index contributed by atoms with van der Waals surface area (Å²) in [6, 6.07) is 4.08. The van der Waals surface area contributed by atoms with Gasteiger partial charge in [0.15, 0.2) is 0 Å². The number of hydrogen-bond donors (Lipinski definition) is 2. The van der Waals surface area contributed by atoms with Crippen molar-refractivity contribution in [3.63, 3.8) is 0 Å². The van der Waals surface area contributed by atoms with Gasteiger partial charge in [0.25, 0.3) is 0 Å². The molecular formula is C15H26N2OS. The molecular weight excluding hydrogens is 256 g/mol. The normalized spacial score (nSPS) is 14.3. The van der Waals surface area contributed by atoms with E-state index >= 15 is 0 Å². The van der Waals surface area contributed by atoms with Crippen LogP contribution >= 0.6 is 11.8 Å². The molecule has 1 aromatic rings. The molecule has 4 heteroatoms. The Morgan fingerprint density at radius 3 is 2.63 bits per heavy atom. The van der Waals surface area contributed by atoms with Gasteiger partial charge in [-0.05, 0) is 50.1 Å². The summed E-state index contributed by atoms with van der Waals surface area (Å²) < 4.78 is 0. The molecule has 1 aromatic heterocycles. The van der Waals surface area contributed by atoms with Crippen molar-refractivity contribution in [2.24, 2.45) is 0 Å². The first kappa shape index (κ1) is 16.5. The summed E-state index contributed by atoms with van der Waals surface area (Å²) in [6.45, 7) is 5.51. The molecule has 0 radical (unpaired) electrons. The highest BCUT2D eigenvalue weighted by molar-refractivity contribution is 7.99. The Hall–Kier alpha value is -0.580. The molecule has 0 aliphatic carbocycles. The second kappa shape index (κ2) is 9.34. The van der Waals surface area contributed by atoms with Gasteiger partial charge in [0.05, 0.1) is 6.61 Å². The van der Waals surface area contributed by atoms with Gasteiger partial charge in [-0.2, -0.15) is 0 Å². The van der Waals surface area contributed by atoms with Crippen LogP contribution in [0.15, 0.2) is 29.4 Å². The van der Waals surface area contributed by atoms with Crippen LogP contribution < -0.4 is 5.32 Å². The third-order valence-electron chi connectivity index (χ3n) is 3.45. The van der Waals surface area contributed by atoms with E-state index in [1.807, 2.05) is 36.3 Å². The van der Waals surface area contributed by atoms with Crippen LogP contribution in [0, 0.1) is 0 Å². The number of rotatable bonds is 10. The lowest BCUT2D eigenvalue weighted by atomic mass is 9.91. The van der Waals surface area contributed by atoms with Crippen molar-refractivity contribution in [2.45, 2.75) is 50.0 Å². The average Bonchev–Trinajstić information content (AvgIpc) is 2.48. The van der Waals surface area contributed by atoms with Gasteiger partial charge in [-0.1, -0.05) is 13.8 Å². The van der Waals surface area contributed by atoms with Crippen LogP contribution in [0.2, 0.25) is 0 Å². The van der Waals surface area contributed by atoms with Crippen LogP contribution in [0.5, 0.6) is 0 Å². The Labute approximate surface area is 121 Å². The molecule has 0 spiro atoms. The Bertz CT molecular complexity index is 328. The molecule has 108 valence electrons. The van der Waals surface area contributed by atoms with Crippen molar-refractivity contribution >= 4 is 11.8 Å². The lowest BCUT2D eigenvalue weighted by Crippen LogP contribution is -2.48. The Balaban J connectivity index is 2.32. The van der Waals surface area contributed by atoms with Crippen LogP contribution in [0.25, 0.3) is 0 Å². The summed E-state index contributed by atoms with van der Waals surface area (Å²) in [7, 11) is 0. The van der Waals surface area contributed by atoms with Gasteiger partial charge in [-0.15, -0.1) is 11.8 Å². The minimum atomic E-state index is -0.0885. The molecule has 1 atom stereocenters. The van der Waals surface area contributed by atoms with E-state index in [1.165, 1.54) is 4.90 Å². The number of nitrogens with zero attached hydrogens (tertiary/aromatic N) is 1. The topological polar surface area (TPSA) is 45.1 Å². The van der Waals surface area contributed by atoms with E-state index in [9.17, 15) is 5.11 Å². The molecule has 0 fully saturated rings. The number of thioether (sulfide) groups is 1. The minimum absolute atomic E-state index is 0.0885. The number of aliphatic hydroxyl groups is 1. The lowest BCUT2D eigenvalue weighted by molar-refractivity contribution is 0.146. The molecule has 0 aromatic carbocycles. The number of nitrogens with one attached hydrogen (secondary N) is 1. The maximum Gasteiger partial charge on any atom is 0.0613 e. The summed E-state index contributed by atoms with van der Waals surface area (Å²) in [5.74, 6) is 1.08. The third kappa shape index (κ3) is 5.93. The predicted molar refractivity (Wildman–Crippen MR) is 82.6 cm³/mol. The SMILES string of the molecule is CCCNC(CC)(CO)CCCSc1ccncc1. The maximum absolute atomic E-state index is 9.64. The molecule has 2 N–H and O–H groups in total. The Kier molecular flexibility index (Phi) is 8.10. The van der Waals surface area contributed by atoms with E-state index in [1.54, 1.807) is 0 Å². The maximum atomic E-state index is 9.64.